The van der Waals surface area contributed by atoms with Crippen LogP contribution < -0.4 is 10.5 Å². The van der Waals surface area contributed by atoms with Crippen molar-refractivity contribution in [2.24, 2.45) is 5.92 Å². The number of nitrogens with two attached hydrogens (primary N) is 1. The number of aryl methyl sites for hydroxylation is 1. The first-order chi connectivity index (χ1) is 10.6. The van der Waals surface area contributed by atoms with Crippen LogP contribution in [0.1, 0.15) is 45.1 Å². The minimum absolute atomic E-state index is 0.262. The van der Waals surface area contributed by atoms with Crippen molar-refractivity contribution in [1.29, 1.82) is 0 Å². The van der Waals surface area contributed by atoms with E-state index in [9.17, 15) is 4.79 Å². The fourth-order valence-corrected chi connectivity index (χ4v) is 2.69. The molecule has 1 aromatic carbocycles. The molecule has 0 spiro atoms. The van der Waals surface area contributed by atoms with Crippen molar-refractivity contribution in [3.05, 3.63) is 23.8 Å². The fraction of sp³-hybridized carbons (Fsp3) is 0.611. The zero-order valence-electron chi connectivity index (χ0n) is 13.8. The van der Waals surface area contributed by atoms with Crippen molar-refractivity contribution in [1.82, 2.24) is 4.90 Å². The molecule has 1 aliphatic rings. The van der Waals surface area contributed by atoms with E-state index in [0.717, 1.165) is 43.7 Å². The summed E-state index contributed by atoms with van der Waals surface area (Å²) in [6, 6.07) is 5.85. The molecule has 4 heteroatoms. The van der Waals surface area contributed by atoms with Crippen LogP contribution in [-0.2, 0) is 11.2 Å². The van der Waals surface area contributed by atoms with E-state index in [2.05, 4.69) is 13.8 Å². The van der Waals surface area contributed by atoms with E-state index < -0.39 is 0 Å². The van der Waals surface area contributed by atoms with Gasteiger partial charge in [-0.2, -0.15) is 0 Å². The number of nitrogen functional groups attached to an aromatic ring is 1. The number of amides is 1. The maximum atomic E-state index is 12.2. The molecule has 0 atom stereocenters. The highest BCUT2D eigenvalue weighted by Crippen LogP contribution is 2.24. The normalized spacial score (nSPS) is 15.1. The van der Waals surface area contributed by atoms with Crippen LogP contribution >= 0.6 is 0 Å². The maximum absolute atomic E-state index is 12.2. The molecule has 1 fully saturated rings. The summed E-state index contributed by atoms with van der Waals surface area (Å²) in [6.07, 6.45) is 4.83. The van der Waals surface area contributed by atoms with Gasteiger partial charge in [0.25, 0.3) is 0 Å². The average Bonchev–Trinajstić information content (AvgIpc) is 2.52. The molecule has 1 aliphatic heterocycles. The number of likely N-dealkylation sites (tertiary alicyclic amines) is 1. The Morgan fingerprint density at radius 1 is 1.27 bits per heavy atom. The summed E-state index contributed by atoms with van der Waals surface area (Å²) in [6.45, 7) is 6.72. The molecule has 1 amide bonds. The predicted octanol–water partition coefficient (Wildman–Crippen LogP) is 3.25. The molecule has 1 aromatic rings. The van der Waals surface area contributed by atoms with Gasteiger partial charge in [-0.05, 0) is 49.3 Å². The Kier molecular flexibility index (Phi) is 6.10. The molecule has 0 aliphatic carbocycles. The third kappa shape index (κ3) is 4.93. The lowest BCUT2D eigenvalue weighted by atomic mass is 10.1. The molecule has 2 rings (SSSR count). The summed E-state index contributed by atoms with van der Waals surface area (Å²) in [4.78, 5) is 14.2. The van der Waals surface area contributed by atoms with Crippen LogP contribution in [0.4, 0.5) is 5.69 Å². The summed E-state index contributed by atoms with van der Waals surface area (Å²) >= 11 is 0. The Bertz CT molecular complexity index is 494. The summed E-state index contributed by atoms with van der Waals surface area (Å²) in [7, 11) is 0. The van der Waals surface area contributed by atoms with E-state index in [-0.39, 0.29) is 5.91 Å². The van der Waals surface area contributed by atoms with E-state index >= 15 is 0 Å². The summed E-state index contributed by atoms with van der Waals surface area (Å²) in [5.41, 5.74) is 7.79. The standard InChI is InChI=1S/C18H28N2O2/c1-14(2)13-22-17-8-6-15(12-16(17)19)7-9-18(21)20-10-4-3-5-11-20/h6,8,12,14H,3-5,7,9-11,13,19H2,1-2H3. The number of anilines is 1. The number of benzene rings is 1. The number of hydrogen-bond donors (Lipinski definition) is 1. The van der Waals surface area contributed by atoms with Crippen LogP contribution in [0.3, 0.4) is 0 Å². The van der Waals surface area contributed by atoms with Gasteiger partial charge in [0, 0.05) is 19.5 Å². The summed E-state index contributed by atoms with van der Waals surface area (Å²) < 4.78 is 5.67. The van der Waals surface area contributed by atoms with Crippen molar-refractivity contribution in [3.63, 3.8) is 0 Å². The van der Waals surface area contributed by atoms with Crippen molar-refractivity contribution in [3.8, 4) is 5.75 Å². The summed E-state index contributed by atoms with van der Waals surface area (Å²) in [5.74, 6) is 1.47. The van der Waals surface area contributed by atoms with E-state index in [4.69, 9.17) is 10.5 Å². The second kappa shape index (κ2) is 8.06. The van der Waals surface area contributed by atoms with Crippen LogP contribution in [0.15, 0.2) is 18.2 Å². The molecule has 2 N–H and O–H groups in total. The number of hydrogen-bond acceptors (Lipinski definition) is 3. The minimum Gasteiger partial charge on any atom is -0.491 e. The lowest BCUT2D eigenvalue weighted by molar-refractivity contribution is -0.132. The number of rotatable bonds is 6. The molecule has 4 nitrogen and oxygen atoms in total. The Morgan fingerprint density at radius 2 is 2.00 bits per heavy atom. The number of carbonyl (C=O) groups excluding carboxylic acids is 1. The molecule has 0 saturated carbocycles. The Labute approximate surface area is 133 Å². The molecule has 0 bridgehead atoms. The highest BCUT2D eigenvalue weighted by molar-refractivity contribution is 5.76. The monoisotopic (exact) mass is 304 g/mol. The van der Waals surface area contributed by atoms with Gasteiger partial charge in [-0.25, -0.2) is 0 Å². The molecular weight excluding hydrogens is 276 g/mol. The average molecular weight is 304 g/mol. The SMILES string of the molecule is CC(C)COc1ccc(CCC(=O)N2CCCCC2)cc1N. The summed E-state index contributed by atoms with van der Waals surface area (Å²) in [5, 5.41) is 0. The Hall–Kier alpha value is -1.71. The maximum Gasteiger partial charge on any atom is 0.222 e. The lowest BCUT2D eigenvalue weighted by Gasteiger charge is -2.26. The zero-order valence-corrected chi connectivity index (χ0v) is 13.8. The number of ether oxygens (including phenoxy) is 1. The third-order valence-electron chi connectivity index (χ3n) is 3.98. The minimum atomic E-state index is 0.262. The van der Waals surface area contributed by atoms with Gasteiger partial charge < -0.3 is 15.4 Å². The van der Waals surface area contributed by atoms with Gasteiger partial charge >= 0.3 is 0 Å². The fourth-order valence-electron chi connectivity index (χ4n) is 2.69. The highest BCUT2D eigenvalue weighted by Gasteiger charge is 2.16. The zero-order chi connectivity index (χ0) is 15.9. The quantitative estimate of drug-likeness (QED) is 0.821. The molecule has 0 aromatic heterocycles. The van der Waals surface area contributed by atoms with Crippen LogP contribution in [0, 0.1) is 5.92 Å². The van der Waals surface area contributed by atoms with Crippen LogP contribution in [0.25, 0.3) is 0 Å². The highest BCUT2D eigenvalue weighted by atomic mass is 16.5. The topological polar surface area (TPSA) is 55.6 Å². The van der Waals surface area contributed by atoms with E-state index in [0.29, 0.717) is 24.6 Å². The Balaban J connectivity index is 1.85. The predicted molar refractivity (Wildman–Crippen MR) is 89.9 cm³/mol. The molecule has 0 radical (unpaired) electrons. The van der Waals surface area contributed by atoms with Gasteiger partial charge in [-0.15, -0.1) is 0 Å². The second-order valence-electron chi connectivity index (χ2n) is 6.52. The lowest BCUT2D eigenvalue weighted by Crippen LogP contribution is -2.35. The second-order valence-corrected chi connectivity index (χ2v) is 6.52. The van der Waals surface area contributed by atoms with E-state index in [1.165, 1.54) is 6.42 Å². The first kappa shape index (κ1) is 16.7. The van der Waals surface area contributed by atoms with Crippen LogP contribution in [0.5, 0.6) is 5.75 Å². The van der Waals surface area contributed by atoms with Gasteiger partial charge in [-0.3, -0.25) is 4.79 Å². The Morgan fingerprint density at radius 3 is 2.64 bits per heavy atom. The van der Waals surface area contributed by atoms with E-state index in [1.807, 2.05) is 23.1 Å². The first-order valence-electron chi connectivity index (χ1n) is 8.35. The van der Waals surface area contributed by atoms with Gasteiger partial charge in [0.05, 0.1) is 12.3 Å². The van der Waals surface area contributed by atoms with Gasteiger partial charge in [-0.1, -0.05) is 19.9 Å². The van der Waals surface area contributed by atoms with Crippen molar-refractivity contribution in [2.75, 3.05) is 25.4 Å². The number of piperidine rings is 1. The van der Waals surface area contributed by atoms with Crippen molar-refractivity contribution in [2.45, 2.75) is 46.0 Å². The number of nitrogens with zero attached hydrogens (tertiary/aromatic N) is 1. The molecule has 122 valence electrons. The number of carbonyl (C=O) groups is 1. The molecule has 1 saturated heterocycles. The van der Waals surface area contributed by atoms with Gasteiger partial charge in [0.15, 0.2) is 0 Å². The smallest absolute Gasteiger partial charge is 0.222 e. The van der Waals surface area contributed by atoms with Crippen LogP contribution in [-0.4, -0.2) is 30.5 Å². The third-order valence-corrected chi connectivity index (χ3v) is 3.98. The van der Waals surface area contributed by atoms with E-state index in [1.54, 1.807) is 0 Å². The van der Waals surface area contributed by atoms with Crippen molar-refractivity contribution < 1.29 is 9.53 Å². The molecule has 22 heavy (non-hydrogen) atoms. The molecule has 0 unspecified atom stereocenters. The first-order valence-corrected chi connectivity index (χ1v) is 8.35. The van der Waals surface area contributed by atoms with Gasteiger partial charge in [0.1, 0.15) is 5.75 Å². The van der Waals surface area contributed by atoms with Crippen molar-refractivity contribution >= 4 is 11.6 Å². The van der Waals surface area contributed by atoms with Crippen LogP contribution in [0.2, 0.25) is 0 Å². The molecule has 1 heterocycles. The largest absolute Gasteiger partial charge is 0.491 e. The molecular formula is C18H28N2O2. The van der Waals surface area contributed by atoms with Gasteiger partial charge in [0.2, 0.25) is 5.91 Å².